The van der Waals surface area contributed by atoms with Crippen molar-refractivity contribution < 1.29 is 18.4 Å². The molecule has 1 aromatic carbocycles. The molecule has 0 bridgehead atoms. The van der Waals surface area contributed by atoms with E-state index in [9.17, 15) is 0 Å². The Hall–Kier alpha value is -1.16. The summed E-state index contributed by atoms with van der Waals surface area (Å²) in [6, 6.07) is 8.09. The van der Waals surface area contributed by atoms with Crippen molar-refractivity contribution >= 4 is 22.3 Å². The molecule has 180 valence electrons. The van der Waals surface area contributed by atoms with Gasteiger partial charge >= 0.3 is 0 Å². The topological polar surface area (TPSA) is 49.3 Å². The molecule has 2 aliphatic rings. The number of oxime groups is 1. The molecular formula is C25H43NO4Si2. The highest BCUT2D eigenvalue weighted by Gasteiger charge is 2.56. The van der Waals surface area contributed by atoms with Gasteiger partial charge < -0.3 is 18.4 Å². The lowest BCUT2D eigenvalue weighted by Gasteiger charge is -2.40. The van der Waals surface area contributed by atoms with Crippen LogP contribution in [0.5, 0.6) is 5.75 Å². The summed E-state index contributed by atoms with van der Waals surface area (Å²) in [5.74, 6) is 0.914. The van der Waals surface area contributed by atoms with E-state index in [0.29, 0.717) is 0 Å². The average Bonchev–Trinajstić information content (AvgIpc) is 3.22. The SMILES string of the molecule is COc1ccc(C2=NOC3C2[C@@H](O[Si](C)(C)C(C)(C)C)C[C@H]3O[Si](C)(C)C(C)(C)C)cc1. The van der Waals surface area contributed by atoms with E-state index in [1.165, 1.54) is 0 Å². The summed E-state index contributed by atoms with van der Waals surface area (Å²) in [6.45, 7) is 23.0. The minimum absolute atomic E-state index is 0.00448. The molecule has 1 fully saturated rings. The molecule has 0 saturated heterocycles. The lowest BCUT2D eigenvalue weighted by atomic mass is 9.92. The molecule has 0 spiro atoms. The van der Waals surface area contributed by atoms with Gasteiger partial charge in [0.25, 0.3) is 0 Å². The third-order valence-corrected chi connectivity index (χ3v) is 17.1. The lowest BCUT2D eigenvalue weighted by molar-refractivity contribution is -0.00536. The van der Waals surface area contributed by atoms with Gasteiger partial charge in [0, 0.05) is 12.0 Å². The number of methoxy groups -OCH3 is 1. The zero-order chi connectivity index (χ0) is 24.1. The molecule has 7 heteroatoms. The maximum absolute atomic E-state index is 6.99. The van der Waals surface area contributed by atoms with Crippen LogP contribution in [-0.2, 0) is 13.7 Å². The summed E-state index contributed by atoms with van der Waals surface area (Å²) in [6.07, 6.45) is 0.786. The summed E-state index contributed by atoms with van der Waals surface area (Å²) in [4.78, 5) is 6.09. The first-order valence-corrected chi connectivity index (χ1v) is 17.6. The van der Waals surface area contributed by atoms with Crippen molar-refractivity contribution in [1.29, 1.82) is 0 Å². The summed E-state index contributed by atoms with van der Waals surface area (Å²) in [5, 5.41) is 4.85. The fourth-order valence-corrected chi connectivity index (χ4v) is 6.64. The molecule has 1 aliphatic carbocycles. The zero-order valence-electron chi connectivity index (χ0n) is 21.9. The Morgan fingerprint density at radius 3 is 1.81 bits per heavy atom. The largest absolute Gasteiger partial charge is 0.497 e. The molecule has 0 aromatic heterocycles. The molecule has 1 heterocycles. The van der Waals surface area contributed by atoms with Crippen LogP contribution in [0.4, 0.5) is 0 Å². The van der Waals surface area contributed by atoms with Gasteiger partial charge in [0.1, 0.15) is 5.75 Å². The van der Waals surface area contributed by atoms with Gasteiger partial charge in [0.05, 0.1) is 30.9 Å². The van der Waals surface area contributed by atoms with Gasteiger partial charge in [-0.05, 0) is 60.5 Å². The second-order valence-corrected chi connectivity index (χ2v) is 21.9. The molecule has 0 N–H and O–H groups in total. The predicted molar refractivity (Wildman–Crippen MR) is 137 cm³/mol. The molecule has 1 aromatic rings. The fourth-order valence-electron chi connectivity index (χ4n) is 3.95. The van der Waals surface area contributed by atoms with Gasteiger partial charge in [-0.3, -0.25) is 0 Å². The van der Waals surface area contributed by atoms with Gasteiger partial charge in [-0.2, -0.15) is 0 Å². The monoisotopic (exact) mass is 477 g/mol. The van der Waals surface area contributed by atoms with Crippen molar-refractivity contribution in [1.82, 2.24) is 0 Å². The summed E-state index contributed by atoms with van der Waals surface area (Å²) in [5.41, 5.74) is 2.04. The van der Waals surface area contributed by atoms with Crippen LogP contribution in [-0.4, -0.2) is 47.8 Å². The minimum Gasteiger partial charge on any atom is -0.497 e. The van der Waals surface area contributed by atoms with E-state index in [1.54, 1.807) is 7.11 Å². The molecule has 4 atom stereocenters. The normalized spacial score (nSPS) is 26.5. The highest BCUT2D eigenvalue weighted by atomic mass is 28.4. The molecule has 3 rings (SSSR count). The van der Waals surface area contributed by atoms with Crippen LogP contribution in [0.2, 0.25) is 36.3 Å². The second-order valence-electron chi connectivity index (χ2n) is 12.4. The van der Waals surface area contributed by atoms with Crippen LogP contribution in [0, 0.1) is 5.92 Å². The Morgan fingerprint density at radius 1 is 0.844 bits per heavy atom. The number of fused-ring (bicyclic) bond motifs is 1. The van der Waals surface area contributed by atoms with E-state index in [0.717, 1.165) is 23.4 Å². The highest BCUT2D eigenvalue weighted by Crippen LogP contribution is 2.47. The Kier molecular flexibility index (Phi) is 6.82. The predicted octanol–water partition coefficient (Wildman–Crippen LogP) is 6.60. The number of nitrogens with zero attached hydrogens (tertiary/aromatic N) is 1. The molecule has 0 amide bonds. The van der Waals surface area contributed by atoms with E-state index >= 15 is 0 Å². The van der Waals surface area contributed by atoms with Crippen LogP contribution in [0.25, 0.3) is 0 Å². The third kappa shape index (κ3) is 4.86. The Bertz CT molecular complexity index is 837. The number of rotatable bonds is 6. The molecule has 2 unspecified atom stereocenters. The summed E-state index contributed by atoms with van der Waals surface area (Å²) in [7, 11) is -2.25. The fraction of sp³-hybridized carbons (Fsp3) is 0.720. The zero-order valence-corrected chi connectivity index (χ0v) is 23.9. The first kappa shape index (κ1) is 25.5. The van der Waals surface area contributed by atoms with Crippen LogP contribution < -0.4 is 4.74 Å². The van der Waals surface area contributed by atoms with Crippen molar-refractivity contribution in [2.24, 2.45) is 11.1 Å². The standard InChI is InChI=1S/C25H43NO4Si2/c1-24(2,3)31(8,9)29-19-16-20(30-32(10,11)25(4,5)6)23-21(19)22(26-28-23)17-12-14-18(27-7)15-13-17/h12-15,19-21,23H,16H2,1-11H3/t19-,20+,21?,23?/m0/s1. The van der Waals surface area contributed by atoms with E-state index in [-0.39, 0.29) is 34.3 Å². The molecule has 5 nitrogen and oxygen atoms in total. The van der Waals surface area contributed by atoms with E-state index in [4.69, 9.17) is 18.4 Å². The van der Waals surface area contributed by atoms with Crippen molar-refractivity contribution in [3.05, 3.63) is 29.8 Å². The number of hydrogen-bond acceptors (Lipinski definition) is 5. The number of ether oxygens (including phenoxy) is 1. The number of benzene rings is 1. The first-order valence-electron chi connectivity index (χ1n) is 11.8. The van der Waals surface area contributed by atoms with Gasteiger partial charge in [-0.25, -0.2) is 0 Å². The van der Waals surface area contributed by atoms with Crippen LogP contribution in [0.15, 0.2) is 29.4 Å². The van der Waals surface area contributed by atoms with Crippen LogP contribution in [0.3, 0.4) is 0 Å². The van der Waals surface area contributed by atoms with E-state index in [1.807, 2.05) is 12.1 Å². The Balaban J connectivity index is 1.92. The van der Waals surface area contributed by atoms with E-state index < -0.39 is 16.6 Å². The second kappa shape index (κ2) is 8.56. The molecule has 0 radical (unpaired) electrons. The first-order chi connectivity index (χ1) is 14.6. The summed E-state index contributed by atoms with van der Waals surface area (Å²) >= 11 is 0. The van der Waals surface area contributed by atoms with Crippen molar-refractivity contribution in [3.63, 3.8) is 0 Å². The number of hydrogen-bond donors (Lipinski definition) is 0. The van der Waals surface area contributed by atoms with Gasteiger partial charge in [-0.15, -0.1) is 0 Å². The van der Waals surface area contributed by atoms with Crippen LogP contribution >= 0.6 is 0 Å². The Labute approximate surface area is 197 Å². The van der Waals surface area contributed by atoms with Gasteiger partial charge in [-0.1, -0.05) is 46.7 Å². The highest BCUT2D eigenvalue weighted by molar-refractivity contribution is 6.74. The third-order valence-electron chi connectivity index (χ3n) is 8.06. The van der Waals surface area contributed by atoms with Gasteiger partial charge in [0.15, 0.2) is 22.7 Å². The van der Waals surface area contributed by atoms with Crippen molar-refractivity contribution in [2.45, 2.75) is 103 Å². The Morgan fingerprint density at radius 2 is 1.34 bits per heavy atom. The van der Waals surface area contributed by atoms with Crippen LogP contribution in [0.1, 0.15) is 53.5 Å². The lowest BCUT2D eigenvalue weighted by Crippen LogP contribution is -2.46. The van der Waals surface area contributed by atoms with Crippen molar-refractivity contribution in [2.75, 3.05) is 7.11 Å². The quantitative estimate of drug-likeness (QED) is 0.433. The average molecular weight is 478 g/mol. The molecule has 1 saturated carbocycles. The maximum Gasteiger partial charge on any atom is 0.192 e. The molecular weight excluding hydrogens is 434 g/mol. The summed E-state index contributed by atoms with van der Waals surface area (Å²) < 4.78 is 19.2. The van der Waals surface area contributed by atoms with Gasteiger partial charge in [0.2, 0.25) is 0 Å². The smallest absolute Gasteiger partial charge is 0.192 e. The minimum atomic E-state index is -1.97. The van der Waals surface area contributed by atoms with E-state index in [2.05, 4.69) is 85.0 Å². The maximum atomic E-state index is 6.99. The van der Waals surface area contributed by atoms with Crippen molar-refractivity contribution in [3.8, 4) is 5.75 Å². The molecule has 32 heavy (non-hydrogen) atoms. The molecule has 1 aliphatic heterocycles.